The van der Waals surface area contributed by atoms with Gasteiger partial charge in [0, 0.05) is 24.5 Å². The summed E-state index contributed by atoms with van der Waals surface area (Å²) in [6.07, 6.45) is 3.57. The van der Waals surface area contributed by atoms with Gasteiger partial charge in [0.05, 0.1) is 27.9 Å². The summed E-state index contributed by atoms with van der Waals surface area (Å²) in [5.74, 6) is 0. The Morgan fingerprint density at radius 3 is 2.76 bits per heavy atom. The molecule has 0 amide bonds. The molecule has 7 nitrogen and oxygen atoms in total. The Morgan fingerprint density at radius 1 is 1.28 bits per heavy atom. The van der Waals surface area contributed by atoms with Crippen molar-refractivity contribution in [1.82, 2.24) is 9.78 Å². The van der Waals surface area contributed by atoms with Gasteiger partial charge in [0.1, 0.15) is 6.07 Å². The predicted molar refractivity (Wildman–Crippen MR) is 93.4 cm³/mol. The average molecular weight is 333 g/mol. The fraction of sp³-hybridized carbons (Fsp3) is 0.111. The minimum Gasteiger partial charge on any atom is -0.377 e. The molecule has 1 N–H and O–H groups in total. The normalized spacial score (nSPS) is 11.5. The largest absolute Gasteiger partial charge is 0.377 e. The van der Waals surface area contributed by atoms with Crippen LogP contribution in [-0.2, 0) is 0 Å². The predicted octanol–water partition coefficient (Wildman–Crippen LogP) is 3.83. The number of benzene rings is 2. The molecule has 0 bridgehead atoms. The first-order valence-electron chi connectivity index (χ1n) is 7.64. The molecule has 2 aromatic carbocycles. The SMILES string of the molecule is CC(Nc1ccc([N+](=O)[O-])cc1C#N)c1ccccc1-n1cccn1. The monoisotopic (exact) mass is 333 g/mol. The standard InChI is InChI=1S/C18H15N5O2/c1-13(16-5-2-3-6-18(16)22-10-4-9-20-22)21-17-8-7-15(23(24)25)11-14(17)12-19/h2-11,13,21H,1H3. The molecule has 0 saturated carbocycles. The molecule has 0 aliphatic carbocycles. The van der Waals surface area contributed by atoms with Gasteiger partial charge in [-0.1, -0.05) is 18.2 Å². The van der Waals surface area contributed by atoms with Crippen LogP contribution in [0.15, 0.2) is 60.9 Å². The lowest BCUT2D eigenvalue weighted by Crippen LogP contribution is -2.11. The van der Waals surface area contributed by atoms with Crippen molar-refractivity contribution in [2.24, 2.45) is 0 Å². The minimum absolute atomic E-state index is 0.105. The number of nitrogens with one attached hydrogen (secondary N) is 1. The number of rotatable bonds is 5. The third kappa shape index (κ3) is 3.33. The van der Waals surface area contributed by atoms with Crippen LogP contribution >= 0.6 is 0 Å². The second-order valence-corrected chi connectivity index (χ2v) is 5.47. The molecule has 1 atom stereocenters. The molecule has 7 heteroatoms. The van der Waals surface area contributed by atoms with Gasteiger partial charge < -0.3 is 5.32 Å². The van der Waals surface area contributed by atoms with Crippen LogP contribution in [0.4, 0.5) is 11.4 Å². The number of nitro groups is 1. The number of non-ortho nitro benzene ring substituents is 1. The van der Waals surface area contributed by atoms with E-state index < -0.39 is 4.92 Å². The van der Waals surface area contributed by atoms with Crippen molar-refractivity contribution in [3.8, 4) is 11.8 Å². The maximum Gasteiger partial charge on any atom is 0.270 e. The fourth-order valence-corrected chi connectivity index (χ4v) is 2.65. The lowest BCUT2D eigenvalue weighted by molar-refractivity contribution is -0.384. The number of aromatic nitrogens is 2. The Bertz CT molecular complexity index is 944. The van der Waals surface area contributed by atoms with E-state index in [0.29, 0.717) is 5.69 Å². The lowest BCUT2D eigenvalue weighted by atomic mass is 10.0. The maximum absolute atomic E-state index is 10.9. The van der Waals surface area contributed by atoms with E-state index in [0.717, 1.165) is 11.3 Å². The van der Waals surface area contributed by atoms with Crippen molar-refractivity contribution in [2.75, 3.05) is 5.32 Å². The van der Waals surface area contributed by atoms with Crippen LogP contribution in [0, 0.1) is 21.4 Å². The zero-order chi connectivity index (χ0) is 17.8. The molecule has 3 rings (SSSR count). The van der Waals surface area contributed by atoms with Crippen molar-refractivity contribution >= 4 is 11.4 Å². The van der Waals surface area contributed by atoms with E-state index in [1.54, 1.807) is 16.9 Å². The van der Waals surface area contributed by atoms with E-state index in [1.807, 2.05) is 49.5 Å². The molecule has 0 saturated heterocycles. The van der Waals surface area contributed by atoms with Crippen molar-refractivity contribution in [3.05, 3.63) is 82.2 Å². The minimum atomic E-state index is -0.513. The van der Waals surface area contributed by atoms with Crippen molar-refractivity contribution in [3.63, 3.8) is 0 Å². The highest BCUT2D eigenvalue weighted by molar-refractivity contribution is 5.62. The molecule has 3 aromatic rings. The number of anilines is 1. The summed E-state index contributed by atoms with van der Waals surface area (Å²) in [6, 6.07) is 15.7. The van der Waals surface area contributed by atoms with Gasteiger partial charge in [-0.3, -0.25) is 10.1 Å². The van der Waals surface area contributed by atoms with Crippen molar-refractivity contribution in [1.29, 1.82) is 5.26 Å². The molecule has 1 aromatic heterocycles. The first kappa shape index (κ1) is 16.2. The van der Waals surface area contributed by atoms with Gasteiger partial charge in [-0.25, -0.2) is 4.68 Å². The molecule has 0 fully saturated rings. The molecule has 0 radical (unpaired) electrons. The number of para-hydroxylation sites is 1. The Hall–Kier alpha value is -3.66. The van der Waals surface area contributed by atoms with Gasteiger partial charge >= 0.3 is 0 Å². The van der Waals surface area contributed by atoms with E-state index >= 15 is 0 Å². The van der Waals surface area contributed by atoms with Crippen molar-refractivity contribution < 1.29 is 4.92 Å². The Labute approximate surface area is 144 Å². The molecular formula is C18H15N5O2. The molecule has 0 aliphatic rings. The van der Waals surface area contributed by atoms with Gasteiger partial charge in [0.2, 0.25) is 0 Å². The van der Waals surface area contributed by atoms with Gasteiger partial charge in [0.15, 0.2) is 0 Å². The molecular weight excluding hydrogens is 318 g/mol. The van der Waals surface area contributed by atoms with Crippen LogP contribution < -0.4 is 5.32 Å². The highest BCUT2D eigenvalue weighted by atomic mass is 16.6. The summed E-state index contributed by atoms with van der Waals surface area (Å²) in [5, 5.41) is 27.7. The zero-order valence-electron chi connectivity index (χ0n) is 13.5. The lowest BCUT2D eigenvalue weighted by Gasteiger charge is -2.19. The Balaban J connectivity index is 1.93. The molecule has 0 aliphatic heterocycles. The Morgan fingerprint density at radius 2 is 2.08 bits per heavy atom. The number of nitro benzene ring substituents is 1. The zero-order valence-corrected chi connectivity index (χ0v) is 13.5. The molecule has 25 heavy (non-hydrogen) atoms. The molecule has 1 unspecified atom stereocenters. The highest BCUT2D eigenvalue weighted by Crippen LogP contribution is 2.28. The van der Waals surface area contributed by atoms with Crippen LogP contribution in [0.5, 0.6) is 0 Å². The molecule has 0 spiro atoms. The van der Waals surface area contributed by atoms with Crippen molar-refractivity contribution in [2.45, 2.75) is 13.0 Å². The van der Waals surface area contributed by atoms with Crippen LogP contribution in [0.3, 0.4) is 0 Å². The van der Waals surface area contributed by atoms with Gasteiger partial charge in [-0.15, -0.1) is 0 Å². The van der Waals surface area contributed by atoms with Crippen LogP contribution in [0.2, 0.25) is 0 Å². The average Bonchev–Trinajstić information content (AvgIpc) is 3.16. The highest BCUT2D eigenvalue weighted by Gasteiger charge is 2.15. The summed E-state index contributed by atoms with van der Waals surface area (Å²) in [7, 11) is 0. The van der Waals surface area contributed by atoms with E-state index in [2.05, 4.69) is 10.4 Å². The second-order valence-electron chi connectivity index (χ2n) is 5.47. The number of nitrogens with zero attached hydrogens (tertiary/aromatic N) is 4. The molecule has 1 heterocycles. The topological polar surface area (TPSA) is 96.8 Å². The first-order chi connectivity index (χ1) is 12.1. The second kappa shape index (κ2) is 6.84. The quantitative estimate of drug-likeness (QED) is 0.565. The maximum atomic E-state index is 10.9. The van der Waals surface area contributed by atoms with Crippen LogP contribution in [-0.4, -0.2) is 14.7 Å². The summed E-state index contributed by atoms with van der Waals surface area (Å²) >= 11 is 0. The van der Waals surface area contributed by atoms with E-state index in [9.17, 15) is 15.4 Å². The van der Waals surface area contributed by atoms with Gasteiger partial charge in [-0.05, 0) is 30.7 Å². The molecule has 124 valence electrons. The third-order valence-electron chi connectivity index (χ3n) is 3.86. The summed E-state index contributed by atoms with van der Waals surface area (Å²) in [4.78, 5) is 10.4. The number of nitriles is 1. The summed E-state index contributed by atoms with van der Waals surface area (Å²) in [5.41, 5.74) is 2.60. The van der Waals surface area contributed by atoms with Crippen LogP contribution in [0.25, 0.3) is 5.69 Å². The van der Waals surface area contributed by atoms with Gasteiger partial charge in [-0.2, -0.15) is 10.4 Å². The number of hydrogen-bond acceptors (Lipinski definition) is 5. The smallest absolute Gasteiger partial charge is 0.270 e. The number of hydrogen-bond donors (Lipinski definition) is 1. The Kier molecular flexibility index (Phi) is 4.44. The van der Waals surface area contributed by atoms with Gasteiger partial charge in [0.25, 0.3) is 5.69 Å². The third-order valence-corrected chi connectivity index (χ3v) is 3.86. The van der Waals surface area contributed by atoms with Crippen LogP contribution in [0.1, 0.15) is 24.1 Å². The van der Waals surface area contributed by atoms with E-state index in [4.69, 9.17) is 0 Å². The van der Waals surface area contributed by atoms with E-state index in [-0.39, 0.29) is 17.3 Å². The summed E-state index contributed by atoms with van der Waals surface area (Å²) < 4.78 is 1.77. The first-order valence-corrected chi connectivity index (χ1v) is 7.64. The summed E-state index contributed by atoms with van der Waals surface area (Å²) in [6.45, 7) is 1.96. The van der Waals surface area contributed by atoms with E-state index in [1.165, 1.54) is 12.1 Å². The fourth-order valence-electron chi connectivity index (χ4n) is 2.65.